The highest BCUT2D eigenvalue weighted by Gasteiger charge is 2.27. The Bertz CT molecular complexity index is 949. The standard InChI is InChI=1S/C19H20N4O3/c20-11-15-12-22(16-8-9-16)19(26)23(18(15)25)13-17(24)21-10-4-7-14-5-2-1-3-6-14/h1-3,5-6,12,16H,4,7-10,13H2,(H,21,24). The van der Waals surface area contributed by atoms with Crippen LogP contribution < -0.4 is 16.6 Å². The molecule has 1 saturated carbocycles. The van der Waals surface area contributed by atoms with Crippen molar-refractivity contribution >= 4 is 5.91 Å². The number of hydrogen-bond donors (Lipinski definition) is 1. The molecule has 0 atom stereocenters. The second-order valence-electron chi connectivity index (χ2n) is 6.41. The lowest BCUT2D eigenvalue weighted by molar-refractivity contribution is -0.121. The largest absolute Gasteiger partial charge is 0.355 e. The second kappa shape index (κ2) is 7.83. The number of carbonyl (C=O) groups is 1. The summed E-state index contributed by atoms with van der Waals surface area (Å²) in [6.07, 6.45) is 4.58. The van der Waals surface area contributed by atoms with Gasteiger partial charge < -0.3 is 5.32 Å². The van der Waals surface area contributed by atoms with Crippen molar-refractivity contribution in [2.45, 2.75) is 38.3 Å². The van der Waals surface area contributed by atoms with Crippen LogP contribution in [0.2, 0.25) is 0 Å². The van der Waals surface area contributed by atoms with Crippen molar-refractivity contribution in [3.8, 4) is 6.07 Å². The van der Waals surface area contributed by atoms with Gasteiger partial charge in [-0.2, -0.15) is 5.26 Å². The Hall–Kier alpha value is -3.14. The molecule has 0 saturated heterocycles. The van der Waals surface area contributed by atoms with Crippen molar-refractivity contribution in [1.29, 1.82) is 5.26 Å². The molecule has 0 bridgehead atoms. The Morgan fingerprint density at radius 1 is 1.23 bits per heavy atom. The van der Waals surface area contributed by atoms with Crippen LogP contribution in [0, 0.1) is 11.3 Å². The number of aryl methyl sites for hydroxylation is 1. The minimum atomic E-state index is -0.714. The molecule has 2 aromatic rings. The molecule has 1 aromatic heterocycles. The van der Waals surface area contributed by atoms with Crippen LogP contribution in [0.15, 0.2) is 46.1 Å². The predicted octanol–water partition coefficient (Wildman–Crippen LogP) is 0.966. The molecular weight excluding hydrogens is 332 g/mol. The van der Waals surface area contributed by atoms with Crippen molar-refractivity contribution in [2.75, 3.05) is 6.54 Å². The molecule has 0 unspecified atom stereocenters. The Balaban J connectivity index is 1.62. The first-order valence-electron chi connectivity index (χ1n) is 8.67. The van der Waals surface area contributed by atoms with E-state index in [9.17, 15) is 14.4 Å². The van der Waals surface area contributed by atoms with Crippen LogP contribution in [0.4, 0.5) is 0 Å². The molecule has 1 fully saturated rings. The summed E-state index contributed by atoms with van der Waals surface area (Å²) in [6.45, 7) is 0.0858. The Morgan fingerprint density at radius 3 is 2.62 bits per heavy atom. The molecule has 7 heteroatoms. The fourth-order valence-electron chi connectivity index (χ4n) is 2.82. The number of carbonyl (C=O) groups excluding carboxylic acids is 1. The number of hydrogen-bond acceptors (Lipinski definition) is 4. The summed E-state index contributed by atoms with van der Waals surface area (Å²) < 4.78 is 2.24. The monoisotopic (exact) mass is 352 g/mol. The molecule has 1 amide bonds. The summed E-state index contributed by atoms with van der Waals surface area (Å²) >= 11 is 0. The maximum absolute atomic E-state index is 12.4. The smallest absolute Gasteiger partial charge is 0.331 e. The third-order valence-electron chi connectivity index (χ3n) is 4.37. The molecule has 1 aliphatic rings. The van der Waals surface area contributed by atoms with E-state index in [1.165, 1.54) is 16.3 Å². The third-order valence-corrected chi connectivity index (χ3v) is 4.37. The van der Waals surface area contributed by atoms with E-state index < -0.39 is 17.2 Å². The molecule has 26 heavy (non-hydrogen) atoms. The lowest BCUT2D eigenvalue weighted by Gasteiger charge is -2.10. The quantitative estimate of drug-likeness (QED) is 0.751. The van der Waals surface area contributed by atoms with Gasteiger partial charge in [0.1, 0.15) is 18.2 Å². The van der Waals surface area contributed by atoms with Crippen LogP contribution in [-0.4, -0.2) is 21.6 Å². The molecule has 0 aliphatic heterocycles. The highest BCUT2D eigenvalue weighted by molar-refractivity contribution is 5.75. The first-order valence-corrected chi connectivity index (χ1v) is 8.67. The van der Waals surface area contributed by atoms with E-state index in [0.29, 0.717) is 6.54 Å². The van der Waals surface area contributed by atoms with Crippen LogP contribution in [0.1, 0.15) is 36.4 Å². The number of nitrogens with one attached hydrogen (secondary N) is 1. The molecule has 3 rings (SSSR count). The topological polar surface area (TPSA) is 96.9 Å². The molecular formula is C19H20N4O3. The molecule has 0 radical (unpaired) electrons. The fraction of sp³-hybridized carbons (Fsp3) is 0.368. The maximum Gasteiger partial charge on any atom is 0.331 e. The van der Waals surface area contributed by atoms with Gasteiger partial charge in [-0.25, -0.2) is 9.36 Å². The van der Waals surface area contributed by atoms with E-state index >= 15 is 0 Å². The highest BCUT2D eigenvalue weighted by Crippen LogP contribution is 2.33. The Kier molecular flexibility index (Phi) is 5.32. The summed E-state index contributed by atoms with van der Waals surface area (Å²) in [6, 6.07) is 11.8. The van der Waals surface area contributed by atoms with Crippen LogP contribution in [0.3, 0.4) is 0 Å². The zero-order chi connectivity index (χ0) is 18.5. The van der Waals surface area contributed by atoms with Crippen LogP contribution in [0.5, 0.6) is 0 Å². The van der Waals surface area contributed by atoms with E-state index in [-0.39, 0.29) is 18.2 Å². The summed E-state index contributed by atoms with van der Waals surface area (Å²) in [4.78, 5) is 36.8. The number of aromatic nitrogens is 2. The lowest BCUT2D eigenvalue weighted by Crippen LogP contribution is -2.44. The zero-order valence-electron chi connectivity index (χ0n) is 14.4. The average molecular weight is 352 g/mol. The summed E-state index contributed by atoms with van der Waals surface area (Å²) in [7, 11) is 0. The Morgan fingerprint density at radius 2 is 1.96 bits per heavy atom. The number of rotatable bonds is 7. The maximum atomic E-state index is 12.4. The lowest BCUT2D eigenvalue weighted by atomic mass is 10.1. The van der Waals surface area contributed by atoms with Crippen molar-refractivity contribution in [1.82, 2.24) is 14.5 Å². The van der Waals surface area contributed by atoms with Gasteiger partial charge in [-0.15, -0.1) is 0 Å². The van der Waals surface area contributed by atoms with Crippen LogP contribution >= 0.6 is 0 Å². The minimum absolute atomic E-state index is 0.0235. The highest BCUT2D eigenvalue weighted by atomic mass is 16.2. The van der Waals surface area contributed by atoms with Crippen molar-refractivity contribution in [2.24, 2.45) is 0 Å². The number of nitrogens with zero attached hydrogens (tertiary/aromatic N) is 3. The molecule has 1 aliphatic carbocycles. The van der Waals surface area contributed by atoms with E-state index in [4.69, 9.17) is 5.26 Å². The van der Waals surface area contributed by atoms with Gasteiger partial charge in [0.25, 0.3) is 5.56 Å². The SMILES string of the molecule is N#Cc1cn(C2CC2)c(=O)n(CC(=O)NCCCc2ccccc2)c1=O. The first kappa shape index (κ1) is 17.7. The normalized spacial score (nSPS) is 13.2. The third kappa shape index (κ3) is 4.09. The molecule has 7 nitrogen and oxygen atoms in total. The van der Waals surface area contributed by atoms with Gasteiger partial charge in [-0.3, -0.25) is 14.2 Å². The van der Waals surface area contributed by atoms with Crippen molar-refractivity contribution < 1.29 is 4.79 Å². The number of amides is 1. The minimum Gasteiger partial charge on any atom is -0.355 e. The summed E-state index contributed by atoms with van der Waals surface area (Å²) in [5, 5.41) is 11.8. The van der Waals surface area contributed by atoms with E-state index in [1.807, 2.05) is 30.3 Å². The summed E-state index contributed by atoms with van der Waals surface area (Å²) in [5.41, 5.74) is -0.176. The van der Waals surface area contributed by atoms with E-state index in [0.717, 1.165) is 30.3 Å². The first-order chi connectivity index (χ1) is 12.6. The van der Waals surface area contributed by atoms with Crippen LogP contribution in [0.25, 0.3) is 0 Å². The molecule has 1 heterocycles. The van der Waals surface area contributed by atoms with Gasteiger partial charge in [-0.1, -0.05) is 30.3 Å². The van der Waals surface area contributed by atoms with Crippen LogP contribution in [-0.2, 0) is 17.8 Å². The molecule has 1 N–H and O–H groups in total. The van der Waals surface area contributed by atoms with Gasteiger partial charge in [-0.05, 0) is 31.2 Å². The number of nitriles is 1. The van der Waals surface area contributed by atoms with Gasteiger partial charge in [0.15, 0.2) is 0 Å². The summed E-state index contributed by atoms with van der Waals surface area (Å²) in [5.74, 6) is -0.408. The number of benzene rings is 1. The second-order valence-corrected chi connectivity index (χ2v) is 6.41. The van der Waals surface area contributed by atoms with E-state index in [2.05, 4.69) is 5.32 Å². The van der Waals surface area contributed by atoms with Gasteiger partial charge in [0.2, 0.25) is 5.91 Å². The van der Waals surface area contributed by atoms with Crippen molar-refractivity contribution in [3.05, 3.63) is 68.5 Å². The fourth-order valence-corrected chi connectivity index (χ4v) is 2.82. The van der Waals surface area contributed by atoms with Gasteiger partial charge >= 0.3 is 5.69 Å². The Labute approximate surface area is 150 Å². The average Bonchev–Trinajstić information content (AvgIpc) is 3.48. The molecule has 1 aromatic carbocycles. The molecule has 0 spiro atoms. The zero-order valence-corrected chi connectivity index (χ0v) is 14.4. The van der Waals surface area contributed by atoms with E-state index in [1.54, 1.807) is 6.07 Å². The van der Waals surface area contributed by atoms with Gasteiger partial charge in [0.05, 0.1) is 0 Å². The molecule has 134 valence electrons. The predicted molar refractivity (Wildman–Crippen MR) is 95.7 cm³/mol. The van der Waals surface area contributed by atoms with Crippen molar-refractivity contribution in [3.63, 3.8) is 0 Å². The van der Waals surface area contributed by atoms with Gasteiger partial charge in [0, 0.05) is 18.8 Å².